The summed E-state index contributed by atoms with van der Waals surface area (Å²) in [4.78, 5) is 0. The molecule has 0 aliphatic rings. The second kappa shape index (κ2) is 2.80. The lowest BCUT2D eigenvalue weighted by molar-refractivity contribution is 0.472. The maximum absolute atomic E-state index is 9.12. The summed E-state index contributed by atoms with van der Waals surface area (Å²) in [6.07, 6.45) is 0. The molecular weight excluding hydrogens is 262 g/mol. The van der Waals surface area contributed by atoms with E-state index in [0.717, 1.165) is 4.47 Å². The molecule has 54 valence electrons. The fourth-order valence-electron chi connectivity index (χ4n) is 0.595. The van der Waals surface area contributed by atoms with E-state index in [-0.39, 0.29) is 5.75 Å². The molecule has 0 saturated carbocycles. The predicted octanol–water partition coefficient (Wildman–Crippen LogP) is 2.50. The van der Waals surface area contributed by atoms with Crippen molar-refractivity contribution in [3.8, 4) is 5.75 Å². The van der Waals surface area contributed by atoms with Gasteiger partial charge in [0.05, 0.1) is 10.2 Å². The van der Waals surface area contributed by atoms with E-state index in [4.69, 9.17) is 10.8 Å². The zero-order chi connectivity index (χ0) is 7.72. The Morgan fingerprint density at radius 1 is 1.30 bits per heavy atom. The molecule has 4 heteroatoms. The highest BCUT2D eigenvalue weighted by molar-refractivity contribution is 9.11. The van der Waals surface area contributed by atoms with Crippen molar-refractivity contribution in [1.29, 1.82) is 0 Å². The monoisotopic (exact) mass is 265 g/mol. The molecule has 0 amide bonds. The lowest BCUT2D eigenvalue weighted by atomic mass is 10.3. The van der Waals surface area contributed by atoms with Gasteiger partial charge in [-0.2, -0.15) is 0 Å². The van der Waals surface area contributed by atoms with E-state index < -0.39 is 0 Å². The van der Waals surface area contributed by atoms with Crippen LogP contribution in [0.5, 0.6) is 5.75 Å². The maximum atomic E-state index is 9.12. The molecule has 0 atom stereocenters. The van der Waals surface area contributed by atoms with Crippen LogP contribution in [0, 0.1) is 0 Å². The molecule has 1 aromatic carbocycles. The fourth-order valence-corrected chi connectivity index (χ4v) is 1.29. The van der Waals surface area contributed by atoms with Gasteiger partial charge in [-0.3, -0.25) is 0 Å². The van der Waals surface area contributed by atoms with Crippen LogP contribution in [0.2, 0.25) is 0 Å². The Bertz CT molecular complexity index is 239. The van der Waals surface area contributed by atoms with Crippen molar-refractivity contribution in [2.24, 2.45) is 0 Å². The van der Waals surface area contributed by atoms with Gasteiger partial charge in [0.1, 0.15) is 5.75 Å². The zero-order valence-corrected chi connectivity index (χ0v) is 8.11. The summed E-state index contributed by atoms with van der Waals surface area (Å²) in [5, 5.41) is 9.12. The van der Waals surface area contributed by atoms with E-state index in [9.17, 15) is 0 Å². The fraction of sp³-hybridized carbons (Fsp3) is 0. The van der Waals surface area contributed by atoms with Gasteiger partial charge in [0.2, 0.25) is 0 Å². The lowest BCUT2D eigenvalue weighted by Crippen LogP contribution is -1.85. The highest BCUT2D eigenvalue weighted by atomic mass is 79.9. The van der Waals surface area contributed by atoms with Crippen LogP contribution in [0.15, 0.2) is 21.1 Å². The number of nitrogen functional groups attached to an aromatic ring is 1. The van der Waals surface area contributed by atoms with Crippen molar-refractivity contribution in [3.63, 3.8) is 0 Å². The largest absolute Gasteiger partial charge is 0.507 e. The van der Waals surface area contributed by atoms with Crippen LogP contribution in [0.3, 0.4) is 0 Å². The maximum Gasteiger partial charge on any atom is 0.132 e. The van der Waals surface area contributed by atoms with Gasteiger partial charge in [0.15, 0.2) is 0 Å². The first kappa shape index (κ1) is 7.88. The molecule has 3 N–H and O–H groups in total. The number of hydrogen-bond donors (Lipinski definition) is 2. The van der Waals surface area contributed by atoms with Gasteiger partial charge in [-0.1, -0.05) is 15.9 Å². The van der Waals surface area contributed by atoms with Crippen LogP contribution in [0.25, 0.3) is 0 Å². The van der Waals surface area contributed by atoms with Crippen molar-refractivity contribution >= 4 is 37.5 Å². The third kappa shape index (κ3) is 1.44. The van der Waals surface area contributed by atoms with Crippen molar-refractivity contribution in [2.75, 3.05) is 5.73 Å². The summed E-state index contributed by atoms with van der Waals surface area (Å²) in [5.74, 6) is 0.145. The third-order valence-corrected chi connectivity index (χ3v) is 2.37. The average Bonchev–Trinajstić information content (AvgIpc) is 1.82. The van der Waals surface area contributed by atoms with E-state index >= 15 is 0 Å². The van der Waals surface area contributed by atoms with E-state index in [1.807, 2.05) is 0 Å². The summed E-state index contributed by atoms with van der Waals surface area (Å²) >= 11 is 6.30. The molecular formula is C6H5Br2NO. The van der Waals surface area contributed by atoms with Crippen LogP contribution in [-0.2, 0) is 0 Å². The lowest BCUT2D eigenvalue weighted by Gasteiger charge is -2.00. The van der Waals surface area contributed by atoms with Crippen LogP contribution in [0.4, 0.5) is 5.69 Å². The molecule has 10 heavy (non-hydrogen) atoms. The first-order valence-electron chi connectivity index (χ1n) is 2.54. The summed E-state index contributed by atoms with van der Waals surface area (Å²) < 4.78 is 1.31. The molecule has 0 bridgehead atoms. The molecule has 0 radical (unpaired) electrons. The van der Waals surface area contributed by atoms with Crippen molar-refractivity contribution in [1.82, 2.24) is 0 Å². The summed E-state index contributed by atoms with van der Waals surface area (Å²) in [6.45, 7) is 0. The minimum absolute atomic E-state index is 0.145. The molecule has 0 spiro atoms. The molecule has 2 nitrogen and oxygen atoms in total. The summed E-state index contributed by atoms with van der Waals surface area (Å²) in [7, 11) is 0. The molecule has 0 saturated heterocycles. The third-order valence-electron chi connectivity index (χ3n) is 1.05. The van der Waals surface area contributed by atoms with E-state index in [2.05, 4.69) is 31.9 Å². The number of aromatic hydroxyl groups is 1. The Hall–Kier alpha value is -0.220. The molecule has 0 fully saturated rings. The number of phenols is 1. The molecule has 0 aromatic heterocycles. The molecule has 1 rings (SSSR count). The van der Waals surface area contributed by atoms with E-state index in [0.29, 0.717) is 10.2 Å². The molecule has 0 aliphatic heterocycles. The van der Waals surface area contributed by atoms with Gasteiger partial charge in [-0.25, -0.2) is 0 Å². The molecule has 0 unspecified atom stereocenters. The van der Waals surface area contributed by atoms with Crippen LogP contribution >= 0.6 is 31.9 Å². The topological polar surface area (TPSA) is 46.2 Å². The number of halogens is 2. The minimum Gasteiger partial charge on any atom is -0.507 e. The van der Waals surface area contributed by atoms with Crippen molar-refractivity contribution in [2.45, 2.75) is 0 Å². The van der Waals surface area contributed by atoms with Crippen molar-refractivity contribution < 1.29 is 5.11 Å². The Labute approximate surface area is 75.3 Å². The summed E-state index contributed by atoms with van der Waals surface area (Å²) in [6, 6.07) is 3.28. The van der Waals surface area contributed by atoms with Gasteiger partial charge in [-0.05, 0) is 28.1 Å². The van der Waals surface area contributed by atoms with Gasteiger partial charge < -0.3 is 10.8 Å². The highest BCUT2D eigenvalue weighted by Gasteiger charge is 2.02. The SMILES string of the molecule is Nc1cc(Br)cc(O)c1Br. The Morgan fingerprint density at radius 2 is 1.90 bits per heavy atom. The Kier molecular flexibility index (Phi) is 2.21. The van der Waals surface area contributed by atoms with Gasteiger partial charge in [0.25, 0.3) is 0 Å². The number of anilines is 1. The van der Waals surface area contributed by atoms with Crippen molar-refractivity contribution in [3.05, 3.63) is 21.1 Å². The minimum atomic E-state index is 0.145. The molecule has 0 heterocycles. The number of benzene rings is 1. The van der Waals surface area contributed by atoms with E-state index in [1.54, 1.807) is 12.1 Å². The first-order valence-corrected chi connectivity index (χ1v) is 4.13. The van der Waals surface area contributed by atoms with Gasteiger partial charge in [-0.15, -0.1) is 0 Å². The van der Waals surface area contributed by atoms with E-state index in [1.165, 1.54) is 0 Å². The normalized spacial score (nSPS) is 9.80. The highest BCUT2D eigenvalue weighted by Crippen LogP contribution is 2.32. The smallest absolute Gasteiger partial charge is 0.132 e. The molecule has 1 aromatic rings. The number of phenolic OH excluding ortho intramolecular Hbond substituents is 1. The van der Waals surface area contributed by atoms with Gasteiger partial charge >= 0.3 is 0 Å². The average molecular weight is 267 g/mol. The Balaban J connectivity index is 3.31. The summed E-state index contributed by atoms with van der Waals surface area (Å²) in [5.41, 5.74) is 6.00. The second-order valence-corrected chi connectivity index (χ2v) is 3.54. The number of hydrogen-bond acceptors (Lipinski definition) is 2. The quantitative estimate of drug-likeness (QED) is 0.709. The van der Waals surface area contributed by atoms with Crippen LogP contribution in [-0.4, -0.2) is 5.11 Å². The zero-order valence-electron chi connectivity index (χ0n) is 4.94. The first-order chi connectivity index (χ1) is 4.61. The number of rotatable bonds is 0. The number of nitrogens with two attached hydrogens (primary N) is 1. The van der Waals surface area contributed by atoms with Crippen LogP contribution in [0.1, 0.15) is 0 Å². The standard InChI is InChI=1S/C6H5Br2NO/c7-3-1-4(9)6(8)5(10)2-3/h1-2,10H,9H2. The van der Waals surface area contributed by atoms with Gasteiger partial charge in [0, 0.05) is 4.47 Å². The van der Waals surface area contributed by atoms with Crippen LogP contribution < -0.4 is 5.73 Å². The second-order valence-electron chi connectivity index (χ2n) is 1.83. The predicted molar refractivity (Wildman–Crippen MR) is 47.9 cm³/mol. The molecule has 0 aliphatic carbocycles. The Morgan fingerprint density at radius 3 is 2.40 bits per heavy atom.